The molecule has 3 nitrogen and oxygen atoms in total. The lowest BCUT2D eigenvalue weighted by Gasteiger charge is -2.18. The normalized spacial score (nSPS) is 11.7. The van der Waals surface area contributed by atoms with Crippen LogP contribution in [0.2, 0.25) is 0 Å². The molecule has 0 aliphatic heterocycles. The van der Waals surface area contributed by atoms with Crippen molar-refractivity contribution < 1.29 is 13.6 Å². The summed E-state index contributed by atoms with van der Waals surface area (Å²) in [7, 11) is -3.08. The van der Waals surface area contributed by atoms with Crippen LogP contribution < -0.4 is 0 Å². The van der Waals surface area contributed by atoms with Gasteiger partial charge in [-0.25, -0.2) is 0 Å². The van der Waals surface area contributed by atoms with Gasteiger partial charge in [-0.1, -0.05) is 19.9 Å². The van der Waals surface area contributed by atoms with Crippen LogP contribution in [0.3, 0.4) is 0 Å². The van der Waals surface area contributed by atoms with E-state index in [1.54, 1.807) is 13.8 Å². The summed E-state index contributed by atoms with van der Waals surface area (Å²) in [6.07, 6.45) is 2.20. The second-order valence-corrected chi connectivity index (χ2v) is 6.47. The minimum Gasteiger partial charge on any atom is -0.305 e. The van der Waals surface area contributed by atoms with Gasteiger partial charge in [0.1, 0.15) is 0 Å². The van der Waals surface area contributed by atoms with Gasteiger partial charge in [0.2, 0.25) is 0 Å². The first-order valence-electron chi connectivity index (χ1n) is 5.32. The quantitative estimate of drug-likeness (QED) is 0.454. The van der Waals surface area contributed by atoms with Crippen LogP contribution in [-0.4, -0.2) is 19.0 Å². The molecule has 0 atom stereocenters. The maximum Gasteiger partial charge on any atom is 0.366 e. The molecule has 0 spiro atoms. The summed E-state index contributed by atoms with van der Waals surface area (Å²) < 4.78 is 23.0. The highest BCUT2D eigenvalue weighted by Gasteiger charge is 2.27. The fourth-order valence-corrected chi connectivity index (χ4v) is 3.87. The molecular formula is C10H21O3PS. The van der Waals surface area contributed by atoms with Crippen LogP contribution in [0.4, 0.5) is 0 Å². The Balaban J connectivity index is 4.22. The fraction of sp³-hybridized carbons (Fsp3) is 0.800. The summed E-state index contributed by atoms with van der Waals surface area (Å²) in [4.78, 5) is 0. The lowest BCUT2D eigenvalue weighted by Crippen LogP contribution is -1.96. The molecule has 0 bridgehead atoms. The molecule has 0 aromatic carbocycles. The topological polar surface area (TPSA) is 35.5 Å². The van der Waals surface area contributed by atoms with E-state index in [4.69, 9.17) is 9.05 Å². The SMILES string of the molecule is C=C(SCCCC)P(=O)(OCC)OCC. The number of hydrogen-bond acceptors (Lipinski definition) is 4. The first-order valence-corrected chi connectivity index (χ1v) is 7.84. The Labute approximate surface area is 97.1 Å². The Morgan fingerprint density at radius 1 is 1.27 bits per heavy atom. The Morgan fingerprint density at radius 3 is 2.20 bits per heavy atom. The van der Waals surface area contributed by atoms with E-state index in [1.165, 1.54) is 11.8 Å². The predicted molar refractivity (Wildman–Crippen MR) is 67.4 cm³/mol. The molecule has 15 heavy (non-hydrogen) atoms. The molecule has 0 heterocycles. The molecule has 0 saturated carbocycles. The van der Waals surface area contributed by atoms with E-state index in [9.17, 15) is 4.57 Å². The molecule has 0 aliphatic carbocycles. The fourth-order valence-electron chi connectivity index (χ4n) is 0.935. The van der Waals surface area contributed by atoms with Crippen LogP contribution in [0.15, 0.2) is 11.2 Å². The van der Waals surface area contributed by atoms with Gasteiger partial charge >= 0.3 is 7.60 Å². The Bertz CT molecular complexity index is 221. The van der Waals surface area contributed by atoms with E-state index in [1.807, 2.05) is 0 Å². The smallest absolute Gasteiger partial charge is 0.305 e. The highest BCUT2D eigenvalue weighted by molar-refractivity contribution is 8.10. The van der Waals surface area contributed by atoms with E-state index in [0.717, 1.165) is 18.6 Å². The first kappa shape index (κ1) is 15.2. The molecule has 0 N–H and O–H groups in total. The largest absolute Gasteiger partial charge is 0.366 e. The van der Waals surface area contributed by atoms with Crippen molar-refractivity contribution in [3.8, 4) is 0 Å². The second kappa shape index (κ2) is 8.40. The molecule has 0 amide bonds. The van der Waals surface area contributed by atoms with Crippen molar-refractivity contribution in [1.82, 2.24) is 0 Å². The lowest BCUT2D eigenvalue weighted by atomic mass is 10.4. The summed E-state index contributed by atoms with van der Waals surface area (Å²) in [5.41, 5.74) is 0. The van der Waals surface area contributed by atoms with E-state index in [-0.39, 0.29) is 0 Å². The number of rotatable bonds is 9. The van der Waals surface area contributed by atoms with E-state index in [2.05, 4.69) is 13.5 Å². The van der Waals surface area contributed by atoms with Crippen molar-refractivity contribution in [3.05, 3.63) is 11.2 Å². The Hall–Kier alpha value is 0.240. The summed E-state index contributed by atoms with van der Waals surface area (Å²) >= 11 is 1.48. The predicted octanol–water partition coefficient (Wildman–Crippen LogP) is 4.26. The van der Waals surface area contributed by atoms with Crippen LogP contribution >= 0.6 is 19.4 Å². The summed E-state index contributed by atoms with van der Waals surface area (Å²) in [5.74, 6) is 0.916. The maximum atomic E-state index is 12.1. The van der Waals surface area contributed by atoms with Gasteiger partial charge in [0.05, 0.1) is 17.9 Å². The summed E-state index contributed by atoms with van der Waals surface area (Å²) in [6, 6.07) is 0. The molecule has 0 aliphatic rings. The second-order valence-electron chi connectivity index (χ2n) is 2.93. The third-order valence-corrected chi connectivity index (χ3v) is 5.36. The van der Waals surface area contributed by atoms with Crippen LogP contribution in [0.1, 0.15) is 33.6 Å². The third-order valence-electron chi connectivity index (χ3n) is 1.67. The first-order chi connectivity index (χ1) is 7.10. The van der Waals surface area contributed by atoms with Gasteiger partial charge in [-0.2, -0.15) is 0 Å². The van der Waals surface area contributed by atoms with E-state index < -0.39 is 7.60 Å². The molecule has 0 aromatic heterocycles. The van der Waals surface area contributed by atoms with Crippen molar-refractivity contribution in [3.63, 3.8) is 0 Å². The third kappa shape index (κ3) is 5.76. The molecule has 5 heteroatoms. The molecule has 0 unspecified atom stereocenters. The lowest BCUT2D eigenvalue weighted by molar-refractivity contribution is 0.228. The van der Waals surface area contributed by atoms with Gasteiger partial charge in [0, 0.05) is 0 Å². The van der Waals surface area contributed by atoms with Crippen molar-refractivity contribution in [2.24, 2.45) is 0 Å². The van der Waals surface area contributed by atoms with Gasteiger partial charge in [-0.05, 0) is 26.0 Å². The van der Waals surface area contributed by atoms with E-state index >= 15 is 0 Å². The van der Waals surface area contributed by atoms with Gasteiger partial charge in [0.15, 0.2) is 0 Å². The average Bonchev–Trinajstić information content (AvgIpc) is 2.18. The van der Waals surface area contributed by atoms with Crippen molar-refractivity contribution >= 4 is 19.4 Å². The number of hydrogen-bond donors (Lipinski definition) is 0. The molecule has 0 rings (SSSR count). The zero-order valence-corrected chi connectivity index (χ0v) is 11.5. The summed E-state index contributed by atoms with van der Waals surface area (Å²) in [5, 5.41) is 0. The van der Waals surface area contributed by atoms with Crippen molar-refractivity contribution in [2.75, 3.05) is 19.0 Å². The Kier molecular flexibility index (Phi) is 8.53. The minimum atomic E-state index is -3.08. The van der Waals surface area contributed by atoms with Gasteiger partial charge in [0.25, 0.3) is 0 Å². The molecular weight excluding hydrogens is 231 g/mol. The molecule has 0 radical (unpaired) electrons. The van der Waals surface area contributed by atoms with Crippen LogP contribution in [0.5, 0.6) is 0 Å². The number of unbranched alkanes of at least 4 members (excludes halogenated alkanes) is 1. The van der Waals surface area contributed by atoms with Crippen molar-refractivity contribution in [2.45, 2.75) is 33.6 Å². The average molecular weight is 252 g/mol. The zero-order valence-electron chi connectivity index (χ0n) is 9.82. The van der Waals surface area contributed by atoms with Gasteiger partial charge in [-0.3, -0.25) is 4.57 Å². The standard InChI is InChI=1S/C10H21O3PS/c1-5-8-9-15-10(4)14(11,12-6-2)13-7-3/h4-9H2,1-3H3. The number of thioether (sulfide) groups is 1. The van der Waals surface area contributed by atoms with Gasteiger partial charge in [-0.15, -0.1) is 11.8 Å². The van der Waals surface area contributed by atoms with Crippen LogP contribution in [0, 0.1) is 0 Å². The molecule has 0 fully saturated rings. The monoisotopic (exact) mass is 252 g/mol. The highest BCUT2D eigenvalue weighted by atomic mass is 32.2. The highest BCUT2D eigenvalue weighted by Crippen LogP contribution is 2.59. The van der Waals surface area contributed by atoms with Crippen LogP contribution in [0.25, 0.3) is 0 Å². The van der Waals surface area contributed by atoms with Gasteiger partial charge < -0.3 is 9.05 Å². The van der Waals surface area contributed by atoms with Crippen LogP contribution in [-0.2, 0) is 13.6 Å². The van der Waals surface area contributed by atoms with Crippen molar-refractivity contribution in [1.29, 1.82) is 0 Å². The molecule has 90 valence electrons. The summed E-state index contributed by atoms with van der Waals surface area (Å²) in [6.45, 7) is 10.3. The van der Waals surface area contributed by atoms with E-state index in [0.29, 0.717) is 17.9 Å². The molecule has 0 aromatic rings. The zero-order chi connectivity index (χ0) is 11.7. The maximum absolute atomic E-state index is 12.1. The molecule has 0 saturated heterocycles. The Morgan fingerprint density at radius 2 is 1.80 bits per heavy atom. The minimum absolute atomic E-state index is 0.380.